The van der Waals surface area contributed by atoms with E-state index in [-0.39, 0.29) is 0 Å². The van der Waals surface area contributed by atoms with Gasteiger partial charge in [0.15, 0.2) is 17.3 Å². The minimum absolute atomic E-state index is 0.499. The predicted molar refractivity (Wildman–Crippen MR) is 90.2 cm³/mol. The first-order chi connectivity index (χ1) is 10.2. The summed E-state index contributed by atoms with van der Waals surface area (Å²) in [5, 5.41) is 0.499. The number of hydrogen-bond donors (Lipinski definition) is 0. The van der Waals surface area contributed by atoms with E-state index in [1.54, 1.807) is 0 Å². The Morgan fingerprint density at radius 1 is 1.19 bits per heavy atom. The van der Waals surface area contributed by atoms with Gasteiger partial charge in [0.25, 0.3) is 0 Å². The van der Waals surface area contributed by atoms with Gasteiger partial charge in [-0.05, 0) is 47.2 Å². The van der Waals surface area contributed by atoms with Gasteiger partial charge in [0.05, 0.1) is 9.26 Å². The minimum Gasteiger partial charge on any atom is -0.486 e. The van der Waals surface area contributed by atoms with E-state index in [0.29, 0.717) is 24.2 Å². The molecule has 0 aliphatic carbocycles. The molecule has 4 nitrogen and oxygen atoms in total. The van der Waals surface area contributed by atoms with Crippen LogP contribution in [0.5, 0.6) is 11.5 Å². The monoisotopic (exact) mass is 416 g/mol. The van der Waals surface area contributed by atoms with Crippen LogP contribution in [0.1, 0.15) is 19.0 Å². The molecular weight excluding hydrogens is 403 g/mol. The van der Waals surface area contributed by atoms with Gasteiger partial charge in [-0.15, -0.1) is 0 Å². The summed E-state index contributed by atoms with van der Waals surface area (Å²) in [6.07, 6.45) is 1.90. The van der Waals surface area contributed by atoms with Crippen molar-refractivity contribution in [3.05, 3.63) is 32.6 Å². The summed E-state index contributed by atoms with van der Waals surface area (Å²) in [7, 11) is 0. The SMILES string of the molecule is CCCc1nc(-c2ccc3c(c2)OCCO3)nc(Cl)c1I. The Hall–Kier alpha value is -1.08. The van der Waals surface area contributed by atoms with Crippen molar-refractivity contribution < 1.29 is 9.47 Å². The van der Waals surface area contributed by atoms with E-state index in [2.05, 4.69) is 39.5 Å². The fraction of sp³-hybridized carbons (Fsp3) is 0.333. The van der Waals surface area contributed by atoms with E-state index in [4.69, 9.17) is 21.1 Å². The van der Waals surface area contributed by atoms with Gasteiger partial charge >= 0.3 is 0 Å². The smallest absolute Gasteiger partial charge is 0.162 e. The number of ether oxygens (including phenoxy) is 2. The van der Waals surface area contributed by atoms with E-state index < -0.39 is 0 Å². The quantitative estimate of drug-likeness (QED) is 0.558. The first-order valence-corrected chi connectivity index (χ1v) is 8.26. The molecule has 1 aliphatic rings. The second kappa shape index (κ2) is 6.36. The van der Waals surface area contributed by atoms with Crippen LogP contribution in [-0.2, 0) is 6.42 Å². The van der Waals surface area contributed by atoms with Crippen LogP contribution in [0.3, 0.4) is 0 Å². The molecule has 2 heterocycles. The zero-order valence-corrected chi connectivity index (χ0v) is 14.4. The minimum atomic E-state index is 0.499. The highest BCUT2D eigenvalue weighted by atomic mass is 127. The topological polar surface area (TPSA) is 44.2 Å². The lowest BCUT2D eigenvalue weighted by Gasteiger charge is -2.18. The molecular formula is C15H14ClIN2O2. The molecule has 0 unspecified atom stereocenters. The maximum absolute atomic E-state index is 6.23. The van der Waals surface area contributed by atoms with Crippen molar-refractivity contribution in [3.63, 3.8) is 0 Å². The van der Waals surface area contributed by atoms with Crippen LogP contribution >= 0.6 is 34.2 Å². The molecule has 0 atom stereocenters. The van der Waals surface area contributed by atoms with E-state index in [0.717, 1.165) is 39.2 Å². The molecule has 0 spiro atoms. The number of halogens is 2. The Balaban J connectivity index is 2.03. The first-order valence-electron chi connectivity index (χ1n) is 6.81. The molecule has 0 bridgehead atoms. The van der Waals surface area contributed by atoms with E-state index in [9.17, 15) is 0 Å². The molecule has 110 valence electrons. The van der Waals surface area contributed by atoms with Gasteiger partial charge in [-0.2, -0.15) is 0 Å². The molecule has 1 aliphatic heterocycles. The summed E-state index contributed by atoms with van der Waals surface area (Å²) in [5.74, 6) is 2.12. The Morgan fingerprint density at radius 3 is 2.71 bits per heavy atom. The van der Waals surface area contributed by atoms with Gasteiger partial charge in [0, 0.05) is 5.56 Å². The van der Waals surface area contributed by atoms with Crippen molar-refractivity contribution in [1.82, 2.24) is 9.97 Å². The predicted octanol–water partition coefficient (Wildman–Crippen LogP) is 4.13. The fourth-order valence-electron chi connectivity index (χ4n) is 2.18. The van der Waals surface area contributed by atoms with Crippen LogP contribution in [0.2, 0.25) is 5.15 Å². The van der Waals surface area contributed by atoms with Crippen molar-refractivity contribution >= 4 is 34.2 Å². The highest BCUT2D eigenvalue weighted by Gasteiger charge is 2.16. The van der Waals surface area contributed by atoms with Crippen LogP contribution < -0.4 is 9.47 Å². The average molecular weight is 417 g/mol. The van der Waals surface area contributed by atoms with Crippen molar-refractivity contribution in [3.8, 4) is 22.9 Å². The molecule has 1 aromatic heterocycles. The van der Waals surface area contributed by atoms with Crippen molar-refractivity contribution in [2.75, 3.05) is 13.2 Å². The number of hydrogen-bond acceptors (Lipinski definition) is 4. The molecule has 0 fully saturated rings. The van der Waals surface area contributed by atoms with E-state index in [1.807, 2.05) is 18.2 Å². The zero-order valence-electron chi connectivity index (χ0n) is 11.5. The lowest BCUT2D eigenvalue weighted by Crippen LogP contribution is -2.15. The standard InChI is InChI=1S/C15H14ClIN2O2/c1-2-3-10-13(17)14(16)19-15(18-10)9-4-5-11-12(8-9)21-7-6-20-11/h4-5,8H,2-3,6-7H2,1H3. The zero-order chi connectivity index (χ0) is 14.8. The Kier molecular flexibility index (Phi) is 4.49. The third-order valence-electron chi connectivity index (χ3n) is 3.17. The largest absolute Gasteiger partial charge is 0.486 e. The number of aromatic nitrogens is 2. The number of nitrogens with zero attached hydrogens (tertiary/aromatic N) is 2. The van der Waals surface area contributed by atoms with Crippen LogP contribution in [0, 0.1) is 3.57 Å². The second-order valence-electron chi connectivity index (χ2n) is 4.71. The molecule has 3 rings (SSSR count). The van der Waals surface area contributed by atoms with Crippen molar-refractivity contribution in [2.24, 2.45) is 0 Å². The first kappa shape index (κ1) is 14.8. The second-order valence-corrected chi connectivity index (χ2v) is 6.14. The Bertz CT molecular complexity index is 679. The summed E-state index contributed by atoms with van der Waals surface area (Å²) < 4.78 is 12.1. The van der Waals surface area contributed by atoms with Gasteiger partial charge in [0.1, 0.15) is 18.4 Å². The summed E-state index contributed by atoms with van der Waals surface area (Å²) in [6.45, 7) is 3.26. The number of fused-ring (bicyclic) bond motifs is 1. The summed E-state index contributed by atoms with van der Waals surface area (Å²) in [6, 6.07) is 5.73. The van der Waals surface area contributed by atoms with Gasteiger partial charge in [-0.25, -0.2) is 9.97 Å². The Labute approximate surface area is 142 Å². The molecule has 0 saturated carbocycles. The van der Waals surface area contributed by atoms with Gasteiger partial charge < -0.3 is 9.47 Å². The molecule has 0 radical (unpaired) electrons. The van der Waals surface area contributed by atoms with E-state index >= 15 is 0 Å². The highest BCUT2D eigenvalue weighted by molar-refractivity contribution is 14.1. The molecule has 0 saturated heterocycles. The van der Waals surface area contributed by atoms with Crippen LogP contribution in [0.15, 0.2) is 18.2 Å². The van der Waals surface area contributed by atoms with Crippen LogP contribution in [-0.4, -0.2) is 23.2 Å². The average Bonchev–Trinajstić information content (AvgIpc) is 2.51. The fourth-order valence-corrected chi connectivity index (χ4v) is 2.88. The van der Waals surface area contributed by atoms with E-state index in [1.165, 1.54) is 0 Å². The number of benzene rings is 1. The molecule has 0 N–H and O–H groups in total. The number of rotatable bonds is 3. The van der Waals surface area contributed by atoms with Crippen LogP contribution in [0.4, 0.5) is 0 Å². The third-order valence-corrected chi connectivity index (χ3v) is 4.89. The lowest BCUT2D eigenvalue weighted by molar-refractivity contribution is 0.171. The van der Waals surface area contributed by atoms with Gasteiger partial charge in [-0.1, -0.05) is 24.9 Å². The number of aryl methyl sites for hydroxylation is 1. The summed E-state index contributed by atoms with van der Waals surface area (Å²) in [4.78, 5) is 9.03. The van der Waals surface area contributed by atoms with Crippen molar-refractivity contribution in [2.45, 2.75) is 19.8 Å². The highest BCUT2D eigenvalue weighted by Crippen LogP contribution is 2.34. The molecule has 2 aromatic rings. The van der Waals surface area contributed by atoms with Gasteiger partial charge in [-0.3, -0.25) is 0 Å². The third kappa shape index (κ3) is 3.08. The lowest BCUT2D eigenvalue weighted by atomic mass is 10.1. The summed E-state index contributed by atoms with van der Waals surface area (Å²) in [5.41, 5.74) is 1.87. The molecule has 6 heteroatoms. The molecule has 21 heavy (non-hydrogen) atoms. The van der Waals surface area contributed by atoms with Gasteiger partial charge in [0.2, 0.25) is 0 Å². The summed E-state index contributed by atoms with van der Waals surface area (Å²) >= 11 is 8.43. The maximum atomic E-state index is 6.23. The molecule has 1 aromatic carbocycles. The maximum Gasteiger partial charge on any atom is 0.162 e. The normalized spacial score (nSPS) is 13.3. The molecule has 0 amide bonds. The van der Waals surface area contributed by atoms with Crippen LogP contribution in [0.25, 0.3) is 11.4 Å². The Morgan fingerprint density at radius 2 is 1.95 bits per heavy atom. The van der Waals surface area contributed by atoms with Crippen molar-refractivity contribution in [1.29, 1.82) is 0 Å².